The van der Waals surface area contributed by atoms with Gasteiger partial charge in [0.15, 0.2) is 22.2 Å². The van der Waals surface area contributed by atoms with E-state index in [4.69, 9.17) is 52.1 Å². The van der Waals surface area contributed by atoms with Gasteiger partial charge in [-0.25, -0.2) is 44.8 Å². The number of oxime groups is 1. The van der Waals surface area contributed by atoms with Crippen molar-refractivity contribution in [1.29, 1.82) is 0 Å². The molecule has 2 amide bonds. The zero-order valence-corrected chi connectivity index (χ0v) is 61.5. The highest BCUT2D eigenvalue weighted by Gasteiger charge is 2.34. The lowest BCUT2D eigenvalue weighted by atomic mass is 9.91. The summed E-state index contributed by atoms with van der Waals surface area (Å²) < 4.78 is 121. The fraction of sp³-hybridized carbons (Fsp3) is 0.357. The average molecular weight is 1520 g/mol. The maximum absolute atomic E-state index is 14.1. The maximum Gasteiger partial charge on any atom is 0.388 e. The normalized spacial score (nSPS) is 13.4. The molecule has 1 fully saturated rings. The van der Waals surface area contributed by atoms with Crippen LogP contribution in [-0.4, -0.2) is 139 Å². The van der Waals surface area contributed by atoms with E-state index in [1.165, 1.54) is 80.1 Å². The van der Waals surface area contributed by atoms with Crippen molar-refractivity contribution in [3.8, 4) is 45.6 Å². The number of hydrogen-bond donors (Lipinski definition) is 4. The van der Waals surface area contributed by atoms with Crippen LogP contribution in [0.2, 0.25) is 10.0 Å². The van der Waals surface area contributed by atoms with Gasteiger partial charge in [-0.2, -0.15) is 13.9 Å². The molecule has 3 aliphatic rings. The third-order valence-corrected chi connectivity index (χ3v) is 19.3. The number of carbonyl (C=O) groups is 5. The molecule has 0 saturated heterocycles. The molecule has 8 aromatic rings. The highest BCUT2D eigenvalue weighted by atomic mass is 35.5. The summed E-state index contributed by atoms with van der Waals surface area (Å²) >= 11 is 11.7. The molecule has 4 N–H and O–H groups in total. The van der Waals surface area contributed by atoms with Gasteiger partial charge in [0.25, 0.3) is 33.0 Å². The lowest BCUT2D eigenvalue weighted by molar-refractivity contribution is -0.143. The number of benzene rings is 5. The molecule has 104 heavy (non-hydrogen) atoms. The molecule has 1 saturated carbocycles. The van der Waals surface area contributed by atoms with Gasteiger partial charge in [0.1, 0.15) is 45.8 Å². The Bertz CT molecular complexity index is 4970. The summed E-state index contributed by atoms with van der Waals surface area (Å²) in [5.41, 5.74) is 5.18. The van der Waals surface area contributed by atoms with Crippen molar-refractivity contribution in [3.63, 3.8) is 0 Å². The Labute approximate surface area is 605 Å². The summed E-state index contributed by atoms with van der Waals surface area (Å²) in [6, 6.07) is 20.9. The van der Waals surface area contributed by atoms with E-state index in [0.717, 1.165) is 65.4 Å². The molecule has 0 radical (unpaired) electrons. The van der Waals surface area contributed by atoms with Gasteiger partial charge in [-0.15, -0.1) is 0 Å². The summed E-state index contributed by atoms with van der Waals surface area (Å²) in [4.78, 5) is 90.9. The number of H-pyrrole nitrogens is 1. The first-order valence-corrected chi connectivity index (χ1v) is 36.3. The molecule has 556 valence electrons. The molecular weight excluding hydrogens is 1450 g/mol. The summed E-state index contributed by atoms with van der Waals surface area (Å²) in [6.45, 7) is 11.7. The first-order valence-electron chi connectivity index (χ1n) is 32.2. The number of amides is 2. The van der Waals surface area contributed by atoms with Crippen LogP contribution in [0.25, 0.3) is 22.4 Å². The van der Waals surface area contributed by atoms with Gasteiger partial charge < -0.3 is 44.0 Å². The second kappa shape index (κ2) is 33.6. The largest absolute Gasteiger partial charge is 0.496 e. The van der Waals surface area contributed by atoms with E-state index >= 15 is 0 Å². The number of methoxy groups -OCH3 is 1. The quantitative estimate of drug-likeness (QED) is 0.0407. The number of carboxylic acid groups (broad SMARTS) is 1. The third-order valence-electron chi connectivity index (χ3n) is 16.2. The molecule has 5 aromatic carbocycles. The Hall–Kier alpha value is -10.0. The van der Waals surface area contributed by atoms with Crippen molar-refractivity contribution in [3.05, 3.63) is 178 Å². The molecular formula is C70H76Cl2F3N9O18S2. The smallest absolute Gasteiger partial charge is 0.388 e. The molecule has 0 spiro atoms. The first kappa shape index (κ1) is 79.7. The Morgan fingerprint density at radius 3 is 2.00 bits per heavy atom. The third kappa shape index (κ3) is 18.8. The maximum atomic E-state index is 14.1. The molecule has 3 aromatic heterocycles. The number of halogens is 5. The number of carbonyl (C=O) groups excluding carboxylic acids is 4. The highest BCUT2D eigenvalue weighted by molar-refractivity contribution is 7.91. The Balaban J connectivity index is 0.000000176. The number of esters is 1. The van der Waals surface area contributed by atoms with E-state index in [9.17, 15) is 63.6 Å². The predicted molar refractivity (Wildman–Crippen MR) is 377 cm³/mol. The first-order chi connectivity index (χ1) is 49.0. The van der Waals surface area contributed by atoms with Crippen LogP contribution in [0.1, 0.15) is 118 Å². The molecule has 0 bridgehead atoms. The number of rotatable bonds is 20. The Kier molecular flexibility index (Phi) is 25.8. The number of aryl methyl sites for hydroxylation is 5. The number of fused-ring (bicyclic) bond motifs is 1. The SMILES string of the molecule is CCc1cc(C)cc(CC)c1-c1c(OC(=O)C(C)(C)C)n2n(c1=O)CCOCC2.COc1ccccc1C(=O)NS(=O)(=O)c1ccc(C(=O)NC2CC2)cc1.Cc1c(C(=O)c2c[nH]n(C)c2=O)ccc(S(C)(=O)=O)c1C1=NOCC1.Cn1nc(-c2cc(OCC(=O)O)c(Cl)cc2F)c(Cl)c1OC(F)F. The van der Waals surface area contributed by atoms with Crippen LogP contribution in [0, 0.1) is 25.1 Å². The van der Waals surface area contributed by atoms with Crippen LogP contribution in [0.4, 0.5) is 13.2 Å². The van der Waals surface area contributed by atoms with Crippen molar-refractivity contribution in [1.82, 2.24) is 39.0 Å². The molecule has 0 atom stereocenters. The zero-order chi connectivity index (χ0) is 76.4. The number of sulfonamides is 1. The van der Waals surface area contributed by atoms with Crippen LogP contribution in [0.15, 0.2) is 116 Å². The number of aliphatic carboxylic acids is 1. The Morgan fingerprint density at radius 2 is 1.44 bits per heavy atom. The van der Waals surface area contributed by atoms with E-state index in [0.29, 0.717) is 73.2 Å². The minimum atomic E-state index is -4.07. The lowest BCUT2D eigenvalue weighted by Crippen LogP contribution is -2.31. The molecule has 1 aliphatic carbocycles. The van der Waals surface area contributed by atoms with E-state index in [1.807, 2.05) is 25.5 Å². The standard InChI is InChI=1S/C23H32N2O4.C18H18N2O5S.C16H17N3O5S.C13H9Cl2F3N2O4/c1-7-16-13-15(3)14-17(8-2)18(16)19-20(26)24-9-11-28-12-10-25(24)21(19)29-22(27)23(4,5)6;1-25-16-5-3-2-4-15(16)18(22)20-26(23,24)14-10-6-12(7-11-14)17(21)19-13-8-9-13;1-9-10(15(20)11-8-17-19(2)16(11)21)4-5-13(25(3,22)23)14(9)12-6-7-24-18-12;1-20-12(24-13(17)18)10(15)11(19-20)5-2-8(23-4-9(21)22)6(14)3-7(5)16/h13-14H,7-12H2,1-6H3;2-7,10-11,13H,8-9H2,1H3,(H,19,21)(H,20,22);4-5,8,17H,6-7H2,1-3H3;2-3,13H,4H2,1H3,(H,21,22). The molecule has 2 aliphatic heterocycles. The number of hydrogen-bond acceptors (Lipinski definition) is 19. The van der Waals surface area contributed by atoms with E-state index < -0.39 is 73.4 Å². The van der Waals surface area contributed by atoms with Gasteiger partial charge in [0, 0.05) is 61.3 Å². The number of para-hydroxylation sites is 1. The van der Waals surface area contributed by atoms with Gasteiger partial charge in [0.2, 0.25) is 11.8 Å². The summed E-state index contributed by atoms with van der Waals surface area (Å²) in [7, 11) is -3.41. The Morgan fingerprint density at radius 1 is 0.798 bits per heavy atom. The van der Waals surface area contributed by atoms with E-state index in [-0.39, 0.29) is 82.8 Å². The summed E-state index contributed by atoms with van der Waals surface area (Å²) in [5, 5.41) is 21.3. The van der Waals surface area contributed by atoms with Crippen LogP contribution in [0.5, 0.6) is 23.3 Å². The minimum absolute atomic E-state index is 0.00623. The number of nitrogens with zero attached hydrogens (tertiary/aromatic N) is 6. The number of aromatic amines is 1. The predicted octanol–water partition coefficient (Wildman–Crippen LogP) is 9.82. The fourth-order valence-corrected chi connectivity index (χ4v) is 13.3. The molecule has 27 nitrogen and oxygen atoms in total. The summed E-state index contributed by atoms with van der Waals surface area (Å²) in [6.07, 6.45) is 6.41. The van der Waals surface area contributed by atoms with E-state index in [2.05, 4.69) is 58.3 Å². The number of sulfone groups is 1. The lowest BCUT2D eigenvalue weighted by Gasteiger charge is -2.19. The topological polar surface area (TPSA) is 348 Å². The van der Waals surface area contributed by atoms with Gasteiger partial charge in [-0.3, -0.25) is 33.4 Å². The number of alkyl halides is 2. The second-order valence-corrected chi connectivity index (χ2v) is 29.3. The second-order valence-electron chi connectivity index (χ2n) is 24.9. The number of ether oxygens (including phenoxy) is 5. The number of aromatic nitrogens is 6. The fourth-order valence-electron chi connectivity index (χ4n) is 10.8. The van der Waals surface area contributed by atoms with Crippen molar-refractivity contribution in [2.24, 2.45) is 24.7 Å². The van der Waals surface area contributed by atoms with Crippen molar-refractivity contribution in [2.75, 3.05) is 39.8 Å². The molecule has 11 rings (SSSR count). The molecule has 5 heterocycles. The minimum Gasteiger partial charge on any atom is -0.496 e. The van der Waals surface area contributed by atoms with Gasteiger partial charge in [-0.05, 0) is 143 Å². The van der Waals surface area contributed by atoms with Gasteiger partial charge >= 0.3 is 18.6 Å². The van der Waals surface area contributed by atoms with Crippen molar-refractivity contribution < 1.29 is 87.6 Å². The molecule has 34 heteroatoms. The van der Waals surface area contributed by atoms with Crippen LogP contribution < -0.4 is 40.1 Å². The number of nitrogens with one attached hydrogen (secondary N) is 3. The number of ketones is 1. The monoisotopic (exact) mass is 1520 g/mol. The average Bonchev–Trinajstić information content (AvgIpc) is 1.58. The molecule has 0 unspecified atom stereocenters. The van der Waals surface area contributed by atoms with Crippen LogP contribution in [0.3, 0.4) is 0 Å². The van der Waals surface area contributed by atoms with Crippen LogP contribution >= 0.6 is 23.2 Å². The zero-order valence-electron chi connectivity index (χ0n) is 58.4. The van der Waals surface area contributed by atoms with Crippen LogP contribution in [-0.2, 0) is 79.1 Å². The summed E-state index contributed by atoms with van der Waals surface area (Å²) in [5.74, 6) is -3.95. The van der Waals surface area contributed by atoms with E-state index in [1.54, 1.807) is 34.5 Å². The van der Waals surface area contributed by atoms with Gasteiger partial charge in [0.05, 0.1) is 64.9 Å². The highest BCUT2D eigenvalue weighted by Crippen LogP contribution is 2.41. The van der Waals surface area contributed by atoms with Crippen molar-refractivity contribution in [2.45, 2.75) is 116 Å². The van der Waals surface area contributed by atoms with Crippen molar-refractivity contribution >= 4 is 78.3 Å². The number of carboxylic acids is 1. The van der Waals surface area contributed by atoms with Gasteiger partial charge in [-0.1, -0.05) is 72.0 Å².